The number of hydrogen-bond acceptors (Lipinski definition) is 2. The van der Waals surface area contributed by atoms with Crippen molar-refractivity contribution in [1.29, 1.82) is 5.26 Å². The normalized spacial score (nSPS) is 11.9. The van der Waals surface area contributed by atoms with Crippen molar-refractivity contribution in [3.8, 4) is 6.07 Å². The highest BCUT2D eigenvalue weighted by Gasteiger charge is 2.14. The maximum Gasteiger partial charge on any atom is 0.268 e. The van der Waals surface area contributed by atoms with Crippen molar-refractivity contribution in [1.82, 2.24) is 9.88 Å². The molecular formula is C12H16BrN3O. The molecule has 0 saturated heterocycles. The molecule has 0 aliphatic heterocycles. The molecule has 4 nitrogen and oxygen atoms in total. The fourth-order valence-electron chi connectivity index (χ4n) is 1.58. The largest absolute Gasteiger partial charge is 0.347 e. The number of amides is 1. The Morgan fingerprint density at radius 2 is 2.41 bits per heavy atom. The zero-order chi connectivity index (χ0) is 12.8. The molecule has 0 aromatic carbocycles. The number of halogens is 1. The molecule has 1 atom stereocenters. The molecule has 0 bridgehead atoms. The van der Waals surface area contributed by atoms with Crippen molar-refractivity contribution in [2.45, 2.75) is 39.3 Å². The van der Waals surface area contributed by atoms with E-state index in [0.717, 1.165) is 17.4 Å². The molecule has 1 heterocycles. The third-order valence-electron chi connectivity index (χ3n) is 2.34. The molecule has 0 aliphatic carbocycles. The van der Waals surface area contributed by atoms with Crippen LogP contribution in [0.1, 0.15) is 37.2 Å². The summed E-state index contributed by atoms with van der Waals surface area (Å²) in [6, 6.07) is 3.71. The van der Waals surface area contributed by atoms with Gasteiger partial charge in [-0.05, 0) is 35.3 Å². The number of aromatic nitrogens is 1. The van der Waals surface area contributed by atoms with Gasteiger partial charge in [0.2, 0.25) is 0 Å². The van der Waals surface area contributed by atoms with Crippen molar-refractivity contribution >= 4 is 21.8 Å². The Labute approximate surface area is 110 Å². The Bertz CT molecular complexity index is 433. The minimum atomic E-state index is -0.132. The summed E-state index contributed by atoms with van der Waals surface area (Å²) in [5.41, 5.74) is 0.628. The SMILES string of the molecule is CCCn1cc(Br)cc1C(=O)NC(C)CC#N. The van der Waals surface area contributed by atoms with Gasteiger partial charge in [0.05, 0.1) is 12.5 Å². The van der Waals surface area contributed by atoms with Crippen LogP contribution >= 0.6 is 15.9 Å². The Balaban J connectivity index is 2.78. The molecule has 1 rings (SSSR count). The van der Waals surface area contributed by atoms with E-state index in [1.54, 1.807) is 6.07 Å². The van der Waals surface area contributed by atoms with Crippen LogP contribution in [0, 0.1) is 11.3 Å². The molecule has 0 radical (unpaired) electrons. The van der Waals surface area contributed by atoms with Gasteiger partial charge in [-0.1, -0.05) is 6.92 Å². The first-order valence-corrected chi connectivity index (χ1v) is 6.41. The van der Waals surface area contributed by atoms with Crippen molar-refractivity contribution in [2.24, 2.45) is 0 Å². The van der Waals surface area contributed by atoms with Gasteiger partial charge in [0, 0.05) is 23.3 Å². The smallest absolute Gasteiger partial charge is 0.268 e. The number of nitrogens with one attached hydrogen (secondary N) is 1. The lowest BCUT2D eigenvalue weighted by atomic mass is 10.2. The van der Waals surface area contributed by atoms with E-state index in [0.29, 0.717) is 12.1 Å². The fourth-order valence-corrected chi connectivity index (χ4v) is 2.04. The average molecular weight is 298 g/mol. The van der Waals surface area contributed by atoms with Crippen LogP contribution in [0.25, 0.3) is 0 Å². The van der Waals surface area contributed by atoms with E-state index in [9.17, 15) is 4.79 Å². The second-order valence-corrected chi connectivity index (χ2v) is 4.89. The van der Waals surface area contributed by atoms with E-state index < -0.39 is 0 Å². The van der Waals surface area contributed by atoms with Gasteiger partial charge in [-0.25, -0.2) is 0 Å². The summed E-state index contributed by atoms with van der Waals surface area (Å²) in [7, 11) is 0. The fraction of sp³-hybridized carbons (Fsp3) is 0.500. The van der Waals surface area contributed by atoms with Crippen LogP contribution < -0.4 is 5.32 Å². The van der Waals surface area contributed by atoms with Crippen LogP contribution in [-0.2, 0) is 6.54 Å². The third kappa shape index (κ3) is 3.90. The summed E-state index contributed by atoms with van der Waals surface area (Å²) in [5.74, 6) is -0.132. The second-order valence-electron chi connectivity index (χ2n) is 3.97. The summed E-state index contributed by atoms with van der Waals surface area (Å²) in [4.78, 5) is 12.0. The molecule has 17 heavy (non-hydrogen) atoms. The first-order valence-electron chi connectivity index (χ1n) is 5.62. The molecule has 92 valence electrons. The number of carbonyl (C=O) groups excluding carboxylic acids is 1. The summed E-state index contributed by atoms with van der Waals surface area (Å²) in [6.45, 7) is 4.69. The molecule has 1 aromatic heterocycles. The lowest BCUT2D eigenvalue weighted by molar-refractivity contribution is 0.0931. The third-order valence-corrected chi connectivity index (χ3v) is 2.77. The van der Waals surface area contributed by atoms with E-state index in [1.807, 2.05) is 23.8 Å². The van der Waals surface area contributed by atoms with E-state index >= 15 is 0 Å². The molecule has 0 fully saturated rings. The standard InChI is InChI=1S/C12H16BrN3O/c1-3-6-16-8-10(13)7-11(16)12(17)15-9(2)4-5-14/h7-9H,3-4,6H2,1-2H3,(H,15,17). The van der Waals surface area contributed by atoms with E-state index in [4.69, 9.17) is 5.26 Å². The van der Waals surface area contributed by atoms with Crippen molar-refractivity contribution in [3.63, 3.8) is 0 Å². The van der Waals surface area contributed by atoms with Gasteiger partial charge in [-0.2, -0.15) is 5.26 Å². The lowest BCUT2D eigenvalue weighted by Gasteiger charge is -2.12. The molecule has 0 spiro atoms. The van der Waals surface area contributed by atoms with E-state index in [1.165, 1.54) is 0 Å². The maximum absolute atomic E-state index is 12.0. The summed E-state index contributed by atoms with van der Waals surface area (Å²) < 4.78 is 2.81. The molecular weight excluding hydrogens is 282 g/mol. The minimum absolute atomic E-state index is 0.128. The zero-order valence-electron chi connectivity index (χ0n) is 10.0. The number of rotatable bonds is 5. The van der Waals surface area contributed by atoms with Gasteiger partial charge >= 0.3 is 0 Å². The summed E-state index contributed by atoms with van der Waals surface area (Å²) >= 11 is 3.37. The zero-order valence-corrected chi connectivity index (χ0v) is 11.6. The molecule has 1 N–H and O–H groups in total. The number of nitrogens with zero attached hydrogens (tertiary/aromatic N) is 2. The highest BCUT2D eigenvalue weighted by molar-refractivity contribution is 9.10. The average Bonchev–Trinajstić information content (AvgIpc) is 2.60. The summed E-state index contributed by atoms with van der Waals surface area (Å²) in [6.07, 6.45) is 3.18. The molecule has 1 aromatic rings. The highest BCUT2D eigenvalue weighted by Crippen LogP contribution is 2.15. The Kier molecular flexibility index (Phi) is 5.23. The van der Waals surface area contributed by atoms with E-state index in [-0.39, 0.29) is 11.9 Å². The number of carbonyl (C=O) groups is 1. The number of hydrogen-bond donors (Lipinski definition) is 1. The van der Waals surface area contributed by atoms with Gasteiger partial charge in [0.15, 0.2) is 0 Å². The quantitative estimate of drug-likeness (QED) is 0.908. The molecule has 1 amide bonds. The van der Waals surface area contributed by atoms with Crippen molar-refractivity contribution < 1.29 is 4.79 Å². The van der Waals surface area contributed by atoms with Crippen molar-refractivity contribution in [2.75, 3.05) is 0 Å². The Hall–Kier alpha value is -1.28. The Morgan fingerprint density at radius 3 is 3.00 bits per heavy atom. The van der Waals surface area contributed by atoms with Gasteiger partial charge < -0.3 is 9.88 Å². The van der Waals surface area contributed by atoms with Crippen molar-refractivity contribution in [3.05, 3.63) is 22.4 Å². The van der Waals surface area contributed by atoms with Gasteiger partial charge in [0.1, 0.15) is 5.69 Å². The molecule has 0 saturated carbocycles. The minimum Gasteiger partial charge on any atom is -0.347 e. The van der Waals surface area contributed by atoms with Crippen LogP contribution in [0.4, 0.5) is 0 Å². The predicted octanol–water partition coefficient (Wildman–Crippen LogP) is 2.69. The first-order chi connectivity index (χ1) is 8.08. The van der Waals surface area contributed by atoms with Gasteiger partial charge in [-0.3, -0.25) is 4.79 Å². The second kappa shape index (κ2) is 6.45. The molecule has 5 heteroatoms. The monoisotopic (exact) mass is 297 g/mol. The van der Waals surface area contributed by atoms with Crippen LogP contribution in [0.2, 0.25) is 0 Å². The number of nitriles is 1. The lowest BCUT2D eigenvalue weighted by Crippen LogP contribution is -2.33. The van der Waals surface area contributed by atoms with E-state index in [2.05, 4.69) is 28.2 Å². The van der Waals surface area contributed by atoms with Crippen LogP contribution in [-0.4, -0.2) is 16.5 Å². The maximum atomic E-state index is 12.0. The molecule has 1 unspecified atom stereocenters. The highest BCUT2D eigenvalue weighted by atomic mass is 79.9. The van der Waals surface area contributed by atoms with Gasteiger partial charge in [-0.15, -0.1) is 0 Å². The van der Waals surface area contributed by atoms with Crippen LogP contribution in [0.15, 0.2) is 16.7 Å². The first kappa shape index (κ1) is 13.8. The Morgan fingerprint density at radius 1 is 1.71 bits per heavy atom. The van der Waals surface area contributed by atoms with Gasteiger partial charge in [0.25, 0.3) is 5.91 Å². The predicted molar refractivity (Wildman–Crippen MR) is 69.6 cm³/mol. The molecule has 0 aliphatic rings. The summed E-state index contributed by atoms with van der Waals surface area (Å²) in [5, 5.41) is 11.4. The number of aryl methyl sites for hydroxylation is 1. The topological polar surface area (TPSA) is 57.8 Å². The van der Waals surface area contributed by atoms with Crippen LogP contribution in [0.5, 0.6) is 0 Å². The van der Waals surface area contributed by atoms with Crippen LogP contribution in [0.3, 0.4) is 0 Å².